The Kier molecular flexibility index (Phi) is 3.13. The van der Waals surface area contributed by atoms with Gasteiger partial charge in [-0.2, -0.15) is 0 Å². The molecule has 0 bridgehead atoms. The first-order valence-corrected chi connectivity index (χ1v) is 4.63. The zero-order valence-corrected chi connectivity index (χ0v) is 7.80. The minimum absolute atomic E-state index is 0.669. The van der Waals surface area contributed by atoms with Crippen LogP contribution in [0, 0.1) is 11.8 Å². The molecule has 1 N–H and O–H groups in total. The Bertz CT molecular complexity index is 134. The van der Waals surface area contributed by atoms with E-state index < -0.39 is 0 Å². The third kappa shape index (κ3) is 2.66. The third-order valence-electron chi connectivity index (χ3n) is 2.73. The van der Waals surface area contributed by atoms with Gasteiger partial charge in [0, 0.05) is 6.04 Å². The second-order valence-electron chi connectivity index (χ2n) is 3.53. The predicted molar refractivity (Wildman–Crippen MR) is 49.5 cm³/mol. The molecule has 1 unspecified atom stereocenters. The van der Waals surface area contributed by atoms with Crippen molar-refractivity contribution in [2.45, 2.75) is 32.7 Å². The summed E-state index contributed by atoms with van der Waals surface area (Å²) in [5.74, 6) is 1.68. The first kappa shape index (κ1) is 8.79. The molecule has 0 radical (unpaired) electrons. The molecule has 0 saturated heterocycles. The van der Waals surface area contributed by atoms with Crippen molar-refractivity contribution in [3.63, 3.8) is 0 Å². The summed E-state index contributed by atoms with van der Waals surface area (Å²) < 4.78 is 0. The van der Waals surface area contributed by atoms with Crippen LogP contribution in [0.4, 0.5) is 0 Å². The molecule has 0 amide bonds. The number of hydrogen-bond acceptors (Lipinski definition) is 1. The van der Waals surface area contributed by atoms with Gasteiger partial charge in [-0.3, -0.25) is 0 Å². The molecule has 0 spiro atoms. The van der Waals surface area contributed by atoms with Crippen molar-refractivity contribution in [1.29, 1.82) is 0 Å². The molecule has 0 aromatic rings. The summed E-state index contributed by atoms with van der Waals surface area (Å²) in [5, 5.41) is 3.32. The number of nitrogens with one attached hydrogen (secondary N) is 1. The predicted octanol–water partition coefficient (Wildman–Crippen LogP) is 2.20. The molecular formula is C10H19N. The van der Waals surface area contributed by atoms with Crippen LogP contribution in [-0.2, 0) is 0 Å². The van der Waals surface area contributed by atoms with E-state index >= 15 is 0 Å². The van der Waals surface area contributed by atoms with Crippen LogP contribution in [0.1, 0.15) is 26.7 Å². The molecule has 1 heteroatoms. The lowest BCUT2D eigenvalue weighted by molar-refractivity contribution is 0.351. The second kappa shape index (κ2) is 3.91. The van der Waals surface area contributed by atoms with Gasteiger partial charge in [-0.25, -0.2) is 0 Å². The van der Waals surface area contributed by atoms with E-state index in [0.717, 1.165) is 11.8 Å². The number of rotatable bonds is 5. The largest absolute Gasteiger partial charge is 0.317 e. The van der Waals surface area contributed by atoms with Crippen LogP contribution in [0.2, 0.25) is 0 Å². The minimum atomic E-state index is 0.669. The maximum atomic E-state index is 3.32. The van der Waals surface area contributed by atoms with Crippen molar-refractivity contribution in [2.75, 3.05) is 7.05 Å². The summed E-state index contributed by atoms with van der Waals surface area (Å²) in [6.07, 6.45) is 7.23. The average molecular weight is 153 g/mol. The van der Waals surface area contributed by atoms with Gasteiger partial charge in [-0.15, -0.1) is 0 Å². The summed E-state index contributed by atoms with van der Waals surface area (Å²) in [7, 11) is 2.05. The first-order chi connectivity index (χ1) is 5.27. The van der Waals surface area contributed by atoms with E-state index in [0.29, 0.717) is 6.04 Å². The van der Waals surface area contributed by atoms with E-state index in [-0.39, 0.29) is 0 Å². The van der Waals surface area contributed by atoms with Crippen molar-refractivity contribution >= 4 is 0 Å². The second-order valence-corrected chi connectivity index (χ2v) is 3.53. The van der Waals surface area contributed by atoms with Gasteiger partial charge in [0.2, 0.25) is 0 Å². The molecule has 1 aliphatic rings. The monoisotopic (exact) mass is 153 g/mol. The van der Waals surface area contributed by atoms with Crippen LogP contribution in [0.15, 0.2) is 12.2 Å². The average Bonchev–Trinajstić information content (AvgIpc) is 2.82. The van der Waals surface area contributed by atoms with Crippen molar-refractivity contribution in [3.05, 3.63) is 12.2 Å². The van der Waals surface area contributed by atoms with Gasteiger partial charge in [-0.1, -0.05) is 25.5 Å². The van der Waals surface area contributed by atoms with Gasteiger partial charge in [0.1, 0.15) is 0 Å². The van der Waals surface area contributed by atoms with Crippen molar-refractivity contribution in [1.82, 2.24) is 5.32 Å². The molecule has 0 saturated carbocycles. The highest BCUT2D eigenvalue weighted by atomic mass is 14.9. The molecule has 0 fully saturated rings. The van der Waals surface area contributed by atoms with Gasteiger partial charge >= 0.3 is 0 Å². The fourth-order valence-corrected chi connectivity index (χ4v) is 1.55. The zero-order chi connectivity index (χ0) is 8.27. The smallest absolute Gasteiger partial charge is 0.00642 e. The lowest BCUT2D eigenvalue weighted by atomic mass is 9.92. The van der Waals surface area contributed by atoms with Crippen molar-refractivity contribution < 1.29 is 0 Å². The highest BCUT2D eigenvalue weighted by Gasteiger charge is 2.20. The third-order valence-corrected chi connectivity index (χ3v) is 2.73. The van der Waals surface area contributed by atoms with E-state index in [1.54, 1.807) is 0 Å². The van der Waals surface area contributed by atoms with Crippen molar-refractivity contribution in [3.8, 4) is 0 Å². The fourth-order valence-electron chi connectivity index (χ4n) is 1.55. The highest BCUT2D eigenvalue weighted by molar-refractivity contribution is 5.13. The minimum Gasteiger partial charge on any atom is -0.317 e. The zero-order valence-electron chi connectivity index (χ0n) is 7.80. The van der Waals surface area contributed by atoms with Crippen molar-refractivity contribution in [2.24, 2.45) is 11.8 Å². The van der Waals surface area contributed by atoms with Crippen LogP contribution < -0.4 is 5.32 Å². The Morgan fingerprint density at radius 3 is 2.45 bits per heavy atom. The molecular weight excluding hydrogens is 134 g/mol. The van der Waals surface area contributed by atoms with Crippen LogP contribution in [0.5, 0.6) is 0 Å². The summed E-state index contributed by atoms with van der Waals surface area (Å²) >= 11 is 0. The lowest BCUT2D eigenvalue weighted by Gasteiger charge is -2.21. The van der Waals surface area contributed by atoms with E-state index in [1.807, 2.05) is 7.05 Å². The van der Waals surface area contributed by atoms with E-state index in [1.165, 1.54) is 12.8 Å². The van der Waals surface area contributed by atoms with Crippen LogP contribution in [-0.4, -0.2) is 13.1 Å². The topological polar surface area (TPSA) is 12.0 Å². The van der Waals surface area contributed by atoms with E-state index in [2.05, 4.69) is 31.3 Å². The Hall–Kier alpha value is -0.300. The first-order valence-electron chi connectivity index (χ1n) is 4.63. The van der Waals surface area contributed by atoms with Gasteiger partial charge in [0.05, 0.1) is 0 Å². The molecule has 0 aromatic carbocycles. The van der Waals surface area contributed by atoms with E-state index in [9.17, 15) is 0 Å². The molecule has 1 rings (SSSR count). The maximum absolute atomic E-state index is 3.32. The molecule has 64 valence electrons. The quantitative estimate of drug-likeness (QED) is 0.597. The summed E-state index contributed by atoms with van der Waals surface area (Å²) in [4.78, 5) is 0. The molecule has 0 aliphatic heterocycles. The Morgan fingerprint density at radius 2 is 2.09 bits per heavy atom. The Balaban J connectivity index is 2.22. The van der Waals surface area contributed by atoms with Gasteiger partial charge in [-0.05, 0) is 32.2 Å². The Morgan fingerprint density at radius 1 is 1.45 bits per heavy atom. The summed E-state index contributed by atoms with van der Waals surface area (Å²) in [6, 6.07) is 0.669. The maximum Gasteiger partial charge on any atom is 0.00642 e. The summed E-state index contributed by atoms with van der Waals surface area (Å²) in [5.41, 5.74) is 0. The molecule has 1 aliphatic carbocycles. The normalized spacial score (nSPS) is 21.7. The molecule has 0 heterocycles. The standard InChI is InChI=1S/C10H19N/c1-4-10(8(2)11-3)7-9-5-6-9/h5-6,8-11H,4,7H2,1-3H3/t8-,10?/m0/s1. The molecule has 1 nitrogen and oxygen atoms in total. The summed E-state index contributed by atoms with van der Waals surface area (Å²) in [6.45, 7) is 4.55. The molecule has 11 heavy (non-hydrogen) atoms. The van der Waals surface area contributed by atoms with Crippen LogP contribution >= 0.6 is 0 Å². The van der Waals surface area contributed by atoms with Crippen LogP contribution in [0.25, 0.3) is 0 Å². The van der Waals surface area contributed by atoms with Crippen LogP contribution in [0.3, 0.4) is 0 Å². The molecule has 2 atom stereocenters. The van der Waals surface area contributed by atoms with Gasteiger partial charge < -0.3 is 5.32 Å². The Labute approximate surface area is 69.9 Å². The highest BCUT2D eigenvalue weighted by Crippen LogP contribution is 2.28. The van der Waals surface area contributed by atoms with E-state index in [4.69, 9.17) is 0 Å². The number of hydrogen-bond donors (Lipinski definition) is 1. The lowest BCUT2D eigenvalue weighted by Crippen LogP contribution is -2.30. The van der Waals surface area contributed by atoms with Gasteiger partial charge in [0.15, 0.2) is 0 Å². The number of allylic oxidation sites excluding steroid dienone is 2. The fraction of sp³-hybridized carbons (Fsp3) is 0.800. The van der Waals surface area contributed by atoms with Gasteiger partial charge in [0.25, 0.3) is 0 Å². The molecule has 0 aromatic heterocycles. The SMILES string of the molecule is CCC(CC1C=C1)[C@H](C)NC.